The van der Waals surface area contributed by atoms with Gasteiger partial charge in [-0.3, -0.25) is 19.3 Å². The molecule has 0 saturated carbocycles. The largest absolute Gasteiger partial charge is 0.351 e. The summed E-state index contributed by atoms with van der Waals surface area (Å²) in [4.78, 5) is 38.8. The van der Waals surface area contributed by atoms with Gasteiger partial charge in [0.15, 0.2) is 0 Å². The number of halogens is 2. The van der Waals surface area contributed by atoms with Crippen molar-refractivity contribution in [2.45, 2.75) is 0 Å². The first-order valence-electron chi connectivity index (χ1n) is 12.3. The van der Waals surface area contributed by atoms with Gasteiger partial charge in [-0.1, -0.05) is 30.3 Å². The fourth-order valence-corrected chi connectivity index (χ4v) is 4.84. The third kappa shape index (κ3) is 6.24. The third-order valence-corrected chi connectivity index (χ3v) is 6.88. The van der Waals surface area contributed by atoms with Crippen molar-refractivity contribution in [3.8, 4) is 16.9 Å². The topological polar surface area (TPSA) is 84.3 Å². The molecule has 1 fully saturated rings. The maximum atomic E-state index is 13.5. The highest BCUT2D eigenvalue weighted by atomic mass is 32.2. The maximum Gasteiger partial charge on any atom is 0.293 e. The SMILES string of the molecule is O=C(C=Cc1cn(-c2ccccc2)nc1-c1ccc(F)cc1)NCCN1C(=O)SC(=Cc2ccc(F)cc2)C1=O. The highest BCUT2D eigenvalue weighted by Crippen LogP contribution is 2.32. The molecule has 0 bridgehead atoms. The number of aromatic nitrogens is 2. The number of para-hydroxylation sites is 1. The molecular formula is C30H22F2N4O3S. The van der Waals surface area contributed by atoms with Crippen LogP contribution >= 0.6 is 11.8 Å². The van der Waals surface area contributed by atoms with Gasteiger partial charge < -0.3 is 5.32 Å². The number of hydrogen-bond acceptors (Lipinski definition) is 5. The summed E-state index contributed by atoms with van der Waals surface area (Å²) in [6.07, 6.45) is 6.24. The van der Waals surface area contributed by atoms with E-state index in [1.54, 1.807) is 29.1 Å². The quantitative estimate of drug-likeness (QED) is 0.282. The molecule has 10 heteroatoms. The lowest BCUT2D eigenvalue weighted by Gasteiger charge is -2.12. The van der Waals surface area contributed by atoms with Crippen molar-refractivity contribution in [3.63, 3.8) is 0 Å². The lowest BCUT2D eigenvalue weighted by atomic mass is 10.1. The number of amides is 3. The molecule has 200 valence electrons. The summed E-state index contributed by atoms with van der Waals surface area (Å²) < 4.78 is 28.3. The van der Waals surface area contributed by atoms with Crippen LogP contribution in [0.2, 0.25) is 0 Å². The van der Waals surface area contributed by atoms with Gasteiger partial charge in [0.25, 0.3) is 11.1 Å². The smallest absolute Gasteiger partial charge is 0.293 e. The van der Waals surface area contributed by atoms with E-state index in [1.807, 2.05) is 30.3 Å². The Bertz CT molecular complexity index is 1620. The lowest BCUT2D eigenvalue weighted by molar-refractivity contribution is -0.123. The number of nitrogens with zero attached hydrogens (tertiary/aromatic N) is 3. The van der Waals surface area contributed by atoms with Crippen LogP contribution in [0.25, 0.3) is 29.1 Å². The summed E-state index contributed by atoms with van der Waals surface area (Å²) in [6, 6.07) is 20.9. The second-order valence-corrected chi connectivity index (χ2v) is 9.72. The molecule has 1 aliphatic heterocycles. The predicted molar refractivity (Wildman–Crippen MR) is 150 cm³/mol. The second-order valence-electron chi connectivity index (χ2n) is 8.73. The molecule has 3 amide bonds. The van der Waals surface area contributed by atoms with E-state index in [1.165, 1.54) is 48.6 Å². The predicted octanol–water partition coefficient (Wildman–Crippen LogP) is 5.68. The summed E-state index contributed by atoms with van der Waals surface area (Å²) >= 11 is 0.793. The molecule has 0 spiro atoms. The van der Waals surface area contributed by atoms with Crippen molar-refractivity contribution < 1.29 is 23.2 Å². The molecule has 40 heavy (non-hydrogen) atoms. The highest BCUT2D eigenvalue weighted by molar-refractivity contribution is 8.18. The minimum Gasteiger partial charge on any atom is -0.351 e. The summed E-state index contributed by atoms with van der Waals surface area (Å²) in [7, 11) is 0. The fraction of sp³-hybridized carbons (Fsp3) is 0.0667. The molecule has 3 aromatic carbocycles. The Hall–Kier alpha value is -4.83. The van der Waals surface area contributed by atoms with Gasteiger partial charge in [0.2, 0.25) is 5.91 Å². The highest BCUT2D eigenvalue weighted by Gasteiger charge is 2.34. The Morgan fingerprint density at radius 1 is 0.925 bits per heavy atom. The monoisotopic (exact) mass is 556 g/mol. The van der Waals surface area contributed by atoms with E-state index in [4.69, 9.17) is 0 Å². The Morgan fingerprint density at radius 3 is 2.30 bits per heavy atom. The Balaban J connectivity index is 1.24. The van der Waals surface area contributed by atoms with Crippen molar-refractivity contribution in [1.29, 1.82) is 0 Å². The molecule has 5 rings (SSSR count). The summed E-state index contributed by atoms with van der Waals surface area (Å²) in [5.41, 5.74) is 3.31. The van der Waals surface area contributed by atoms with Crippen molar-refractivity contribution in [3.05, 3.63) is 119 Å². The van der Waals surface area contributed by atoms with Crippen LogP contribution in [0, 0.1) is 11.6 Å². The van der Waals surface area contributed by atoms with Gasteiger partial charge in [-0.2, -0.15) is 5.10 Å². The van der Waals surface area contributed by atoms with Crippen LogP contribution < -0.4 is 5.32 Å². The van der Waals surface area contributed by atoms with Gasteiger partial charge in [-0.25, -0.2) is 13.5 Å². The molecule has 0 aliphatic carbocycles. The summed E-state index contributed by atoms with van der Waals surface area (Å²) in [6.45, 7) is 0.0525. The zero-order valence-electron chi connectivity index (χ0n) is 21.0. The lowest BCUT2D eigenvalue weighted by Crippen LogP contribution is -2.36. The van der Waals surface area contributed by atoms with E-state index in [0.29, 0.717) is 22.4 Å². The van der Waals surface area contributed by atoms with E-state index in [0.717, 1.165) is 22.3 Å². The molecule has 1 aliphatic rings. The molecule has 0 atom stereocenters. The van der Waals surface area contributed by atoms with Crippen LogP contribution in [0.15, 0.2) is 96.0 Å². The fourth-order valence-electron chi connectivity index (χ4n) is 3.97. The first-order valence-corrected chi connectivity index (χ1v) is 13.1. The van der Waals surface area contributed by atoms with Crippen molar-refractivity contribution in [2.24, 2.45) is 0 Å². The first-order chi connectivity index (χ1) is 19.4. The minimum atomic E-state index is -0.471. The molecule has 1 N–H and O–H groups in total. The average Bonchev–Trinajstić information content (AvgIpc) is 3.50. The van der Waals surface area contributed by atoms with Crippen LogP contribution in [0.3, 0.4) is 0 Å². The zero-order chi connectivity index (χ0) is 28.1. The zero-order valence-corrected chi connectivity index (χ0v) is 21.8. The normalized spacial score (nSPS) is 14.4. The summed E-state index contributed by atoms with van der Waals surface area (Å²) in [5.74, 6) is -1.66. The van der Waals surface area contributed by atoms with E-state index < -0.39 is 22.9 Å². The molecule has 7 nitrogen and oxygen atoms in total. The van der Waals surface area contributed by atoms with E-state index in [9.17, 15) is 23.2 Å². The van der Waals surface area contributed by atoms with Crippen molar-refractivity contribution >= 4 is 41.0 Å². The Labute approximate surface area is 232 Å². The molecule has 0 unspecified atom stereocenters. The second kappa shape index (κ2) is 11.9. The van der Waals surface area contributed by atoms with Gasteiger partial charge >= 0.3 is 0 Å². The number of rotatable bonds is 8. The van der Waals surface area contributed by atoms with E-state index >= 15 is 0 Å². The molecule has 0 radical (unpaired) electrons. The molecule has 1 saturated heterocycles. The van der Waals surface area contributed by atoms with Gasteiger partial charge in [-0.05, 0) is 78.0 Å². The molecular weight excluding hydrogens is 534 g/mol. The van der Waals surface area contributed by atoms with Gasteiger partial charge in [0.05, 0.1) is 16.3 Å². The Kier molecular flexibility index (Phi) is 7.97. The van der Waals surface area contributed by atoms with Crippen molar-refractivity contribution in [2.75, 3.05) is 13.1 Å². The van der Waals surface area contributed by atoms with Gasteiger partial charge in [0, 0.05) is 36.5 Å². The number of benzene rings is 3. The van der Waals surface area contributed by atoms with Crippen molar-refractivity contribution in [1.82, 2.24) is 20.0 Å². The van der Waals surface area contributed by atoms with E-state index in [2.05, 4.69) is 10.4 Å². The van der Waals surface area contributed by atoms with Crippen LogP contribution in [0.1, 0.15) is 11.1 Å². The van der Waals surface area contributed by atoms with E-state index in [-0.39, 0.29) is 23.8 Å². The number of imide groups is 1. The van der Waals surface area contributed by atoms with Gasteiger partial charge in [0.1, 0.15) is 11.6 Å². The number of hydrogen-bond donors (Lipinski definition) is 1. The van der Waals surface area contributed by atoms with Crippen LogP contribution in [0.4, 0.5) is 13.6 Å². The minimum absolute atomic E-state index is 0.00221. The number of carbonyl (C=O) groups excluding carboxylic acids is 3. The molecule has 4 aromatic rings. The Morgan fingerprint density at radius 2 is 1.60 bits per heavy atom. The summed E-state index contributed by atoms with van der Waals surface area (Å²) in [5, 5.41) is 6.87. The molecule has 2 heterocycles. The number of carbonyl (C=O) groups is 3. The van der Waals surface area contributed by atoms with Crippen LogP contribution in [-0.4, -0.2) is 44.8 Å². The van der Waals surface area contributed by atoms with Crippen LogP contribution in [-0.2, 0) is 9.59 Å². The first kappa shape index (κ1) is 26.8. The number of thioether (sulfide) groups is 1. The average molecular weight is 557 g/mol. The standard InChI is InChI=1S/C30H22F2N4O3S/c31-23-11-6-20(7-12-23)18-26-29(38)35(30(39)40-26)17-16-33-27(37)15-10-22-19-36(25-4-2-1-3-5-25)34-28(22)21-8-13-24(32)14-9-21/h1-15,18-19H,16-17H2,(H,33,37). The third-order valence-electron chi connectivity index (χ3n) is 5.97. The maximum absolute atomic E-state index is 13.5. The number of nitrogens with one attached hydrogen (secondary N) is 1. The van der Waals surface area contributed by atoms with Gasteiger partial charge in [-0.15, -0.1) is 0 Å². The molecule has 1 aromatic heterocycles. The van der Waals surface area contributed by atoms with Crippen LogP contribution in [0.5, 0.6) is 0 Å².